The van der Waals surface area contributed by atoms with E-state index in [0.717, 1.165) is 10.9 Å². The highest BCUT2D eigenvalue weighted by atomic mass is 79.9. The molecule has 1 atom stereocenters. The van der Waals surface area contributed by atoms with Crippen LogP contribution in [0.25, 0.3) is 10.9 Å². The molecule has 0 radical (unpaired) electrons. The zero-order chi connectivity index (χ0) is 24.8. The topological polar surface area (TPSA) is 92.0 Å². The quantitative estimate of drug-likeness (QED) is 0.248. The van der Waals surface area contributed by atoms with Crippen LogP contribution in [-0.2, 0) is 9.53 Å². The maximum Gasteiger partial charge on any atom is 0.344 e. The molecule has 0 saturated carbocycles. The largest absolute Gasteiger partial charge is 0.493 e. The molecule has 0 aliphatic carbocycles. The molecule has 3 aromatic rings. The first-order valence-electron chi connectivity index (χ1n) is 10.7. The average Bonchev–Trinajstić information content (AvgIpc) is 2.82. The average molecular weight is 595 g/mol. The van der Waals surface area contributed by atoms with Crippen LogP contribution >= 0.6 is 31.9 Å². The number of hydrogen-bond acceptors (Lipinski definition) is 7. The third-order valence-corrected chi connectivity index (χ3v) is 6.06. The van der Waals surface area contributed by atoms with Gasteiger partial charge in [0.1, 0.15) is 5.82 Å². The van der Waals surface area contributed by atoms with Gasteiger partial charge in [-0.2, -0.15) is 9.78 Å². The second-order valence-electron chi connectivity index (χ2n) is 7.42. The molecular weight excluding hydrogens is 570 g/mol. The summed E-state index contributed by atoms with van der Waals surface area (Å²) in [6.45, 7) is 5.70. The van der Waals surface area contributed by atoms with Gasteiger partial charge in [-0.25, -0.2) is 9.78 Å². The Bertz CT molecular complexity index is 1290. The van der Waals surface area contributed by atoms with Crippen LogP contribution in [-0.4, -0.2) is 42.2 Å². The first kappa shape index (κ1) is 25.9. The molecule has 1 heterocycles. The van der Waals surface area contributed by atoms with Gasteiger partial charge in [0.25, 0.3) is 5.56 Å². The normalized spacial score (nSPS) is 12.2. The number of halogens is 2. The number of nitrogens with zero attached hydrogens (tertiary/aromatic N) is 3. The molecule has 0 saturated heterocycles. The van der Waals surface area contributed by atoms with Crippen molar-refractivity contribution in [2.24, 2.45) is 5.10 Å². The van der Waals surface area contributed by atoms with E-state index in [0.29, 0.717) is 38.3 Å². The number of carbonyl (C=O) groups excluding carboxylic acids is 1. The Morgan fingerprint density at radius 1 is 1.21 bits per heavy atom. The van der Waals surface area contributed by atoms with E-state index in [2.05, 4.69) is 37.0 Å². The van der Waals surface area contributed by atoms with Crippen molar-refractivity contribution >= 4 is 54.9 Å². The third-order valence-electron chi connectivity index (χ3n) is 5.11. The summed E-state index contributed by atoms with van der Waals surface area (Å²) in [5.41, 5.74) is 0.832. The number of fused-ring (bicyclic) bond motifs is 1. The van der Waals surface area contributed by atoms with E-state index in [9.17, 15) is 9.59 Å². The second-order valence-corrected chi connectivity index (χ2v) is 9.25. The van der Waals surface area contributed by atoms with Crippen LogP contribution in [0.3, 0.4) is 0 Å². The summed E-state index contributed by atoms with van der Waals surface area (Å²) < 4.78 is 18.9. The number of benzene rings is 2. The molecule has 0 aliphatic rings. The van der Waals surface area contributed by atoms with Crippen LogP contribution in [0.5, 0.6) is 11.5 Å². The molecule has 0 amide bonds. The monoisotopic (exact) mass is 593 g/mol. The number of ether oxygens (including phenoxy) is 3. The van der Waals surface area contributed by atoms with E-state index in [-0.39, 0.29) is 24.7 Å². The standard InChI is InChI=1S/C24H25Br2N3O5/c1-5-14(3)23-28-19-8-7-16(25)10-18(19)24(31)29(23)27-12-15-9-17(26)11-20(32-4)22(15)34-13-21(30)33-6-2/h7-12,14H,5-6,13H2,1-4H3/t14-/m0/s1. The number of aromatic nitrogens is 2. The minimum atomic E-state index is -0.505. The zero-order valence-corrected chi connectivity index (χ0v) is 22.5. The summed E-state index contributed by atoms with van der Waals surface area (Å²) in [7, 11) is 1.50. The fourth-order valence-corrected chi connectivity index (χ4v) is 4.04. The lowest BCUT2D eigenvalue weighted by Crippen LogP contribution is -2.23. The number of rotatable bonds is 9. The van der Waals surface area contributed by atoms with Crippen molar-refractivity contribution in [1.29, 1.82) is 0 Å². The van der Waals surface area contributed by atoms with Gasteiger partial charge in [0.2, 0.25) is 0 Å². The van der Waals surface area contributed by atoms with Crippen LogP contribution < -0.4 is 15.0 Å². The summed E-state index contributed by atoms with van der Waals surface area (Å²) in [6, 6.07) is 8.85. The fourth-order valence-electron chi connectivity index (χ4n) is 3.22. The summed E-state index contributed by atoms with van der Waals surface area (Å²) in [6.07, 6.45) is 2.27. The van der Waals surface area contributed by atoms with E-state index in [4.69, 9.17) is 19.2 Å². The third kappa shape index (κ3) is 5.85. The Kier molecular flexibility index (Phi) is 8.84. The van der Waals surface area contributed by atoms with Crippen LogP contribution in [0.4, 0.5) is 0 Å². The highest BCUT2D eigenvalue weighted by molar-refractivity contribution is 9.10. The van der Waals surface area contributed by atoms with E-state index in [1.807, 2.05) is 19.9 Å². The molecule has 180 valence electrons. The van der Waals surface area contributed by atoms with Crippen LogP contribution in [0.1, 0.15) is 44.5 Å². The molecule has 0 fully saturated rings. The van der Waals surface area contributed by atoms with Gasteiger partial charge in [0.15, 0.2) is 18.1 Å². The van der Waals surface area contributed by atoms with Gasteiger partial charge in [-0.1, -0.05) is 45.7 Å². The molecule has 10 heteroatoms. The van der Waals surface area contributed by atoms with E-state index >= 15 is 0 Å². The highest BCUT2D eigenvalue weighted by Crippen LogP contribution is 2.34. The number of hydrogen-bond donors (Lipinski definition) is 0. The van der Waals surface area contributed by atoms with Crippen molar-refractivity contribution < 1.29 is 19.0 Å². The van der Waals surface area contributed by atoms with Gasteiger partial charge in [0.05, 0.1) is 30.8 Å². The number of methoxy groups -OCH3 is 1. The van der Waals surface area contributed by atoms with Crippen molar-refractivity contribution in [2.45, 2.75) is 33.1 Å². The smallest absolute Gasteiger partial charge is 0.344 e. The molecule has 0 bridgehead atoms. The van der Waals surface area contributed by atoms with E-state index in [1.54, 1.807) is 31.2 Å². The Balaban J connectivity index is 2.13. The van der Waals surface area contributed by atoms with Gasteiger partial charge in [-0.05, 0) is 43.7 Å². The molecule has 3 rings (SSSR count). The molecule has 0 N–H and O–H groups in total. The first-order valence-corrected chi connectivity index (χ1v) is 12.3. The van der Waals surface area contributed by atoms with Crippen molar-refractivity contribution in [3.05, 3.63) is 61.0 Å². The van der Waals surface area contributed by atoms with Gasteiger partial charge < -0.3 is 14.2 Å². The second kappa shape index (κ2) is 11.6. The molecule has 0 spiro atoms. The molecule has 1 aromatic heterocycles. The fraction of sp³-hybridized carbons (Fsp3) is 0.333. The van der Waals surface area contributed by atoms with Crippen LogP contribution in [0.2, 0.25) is 0 Å². The minimum absolute atomic E-state index is 0.00511. The summed E-state index contributed by atoms with van der Waals surface area (Å²) in [4.78, 5) is 29.9. The Morgan fingerprint density at radius 3 is 2.65 bits per heavy atom. The molecule has 0 unspecified atom stereocenters. The maximum atomic E-state index is 13.4. The highest BCUT2D eigenvalue weighted by Gasteiger charge is 2.17. The first-order chi connectivity index (χ1) is 16.3. The predicted octanol–water partition coefficient (Wildman–Crippen LogP) is 5.27. The minimum Gasteiger partial charge on any atom is -0.493 e. The van der Waals surface area contributed by atoms with Gasteiger partial charge in [0, 0.05) is 20.4 Å². The predicted molar refractivity (Wildman–Crippen MR) is 138 cm³/mol. The summed E-state index contributed by atoms with van der Waals surface area (Å²) in [5.74, 6) is 0.742. The molecular formula is C24H25Br2N3O5. The molecule has 34 heavy (non-hydrogen) atoms. The zero-order valence-electron chi connectivity index (χ0n) is 19.3. The lowest BCUT2D eigenvalue weighted by molar-refractivity contribution is -0.145. The van der Waals surface area contributed by atoms with Crippen LogP contribution in [0, 0.1) is 0 Å². The van der Waals surface area contributed by atoms with Crippen LogP contribution in [0.15, 0.2) is 49.2 Å². The van der Waals surface area contributed by atoms with Crippen molar-refractivity contribution in [3.8, 4) is 11.5 Å². The number of esters is 1. The Morgan fingerprint density at radius 2 is 1.97 bits per heavy atom. The van der Waals surface area contributed by atoms with Crippen molar-refractivity contribution in [1.82, 2.24) is 9.66 Å². The Labute approximate surface area is 214 Å². The van der Waals surface area contributed by atoms with Gasteiger partial charge in [-0.15, -0.1) is 0 Å². The van der Waals surface area contributed by atoms with Crippen molar-refractivity contribution in [3.63, 3.8) is 0 Å². The lowest BCUT2D eigenvalue weighted by atomic mass is 10.1. The van der Waals surface area contributed by atoms with Gasteiger partial charge in [-0.3, -0.25) is 4.79 Å². The molecule has 8 nitrogen and oxygen atoms in total. The Hall–Kier alpha value is -2.72. The van der Waals surface area contributed by atoms with E-state index in [1.165, 1.54) is 18.0 Å². The molecule has 2 aromatic carbocycles. The van der Waals surface area contributed by atoms with Crippen molar-refractivity contribution in [2.75, 3.05) is 20.3 Å². The van der Waals surface area contributed by atoms with E-state index < -0.39 is 5.97 Å². The summed E-state index contributed by atoms with van der Waals surface area (Å²) in [5, 5.41) is 4.94. The molecule has 0 aliphatic heterocycles. The maximum absolute atomic E-state index is 13.4. The SMILES string of the molecule is CCOC(=O)COc1c(C=Nn2c([C@@H](C)CC)nc3ccc(Br)cc3c2=O)cc(Br)cc1OC. The number of carbonyl (C=O) groups is 1. The summed E-state index contributed by atoms with van der Waals surface area (Å²) >= 11 is 6.86. The lowest BCUT2D eigenvalue weighted by Gasteiger charge is -2.15. The van der Waals surface area contributed by atoms with Gasteiger partial charge >= 0.3 is 5.97 Å².